The Morgan fingerprint density at radius 1 is 1.36 bits per heavy atom. The van der Waals surface area contributed by atoms with E-state index in [1.165, 1.54) is 11.3 Å². The minimum Gasteiger partial charge on any atom is -0.488 e. The quantitative estimate of drug-likeness (QED) is 0.761. The highest BCUT2D eigenvalue weighted by atomic mass is 35.5. The van der Waals surface area contributed by atoms with E-state index in [4.69, 9.17) is 16.3 Å². The van der Waals surface area contributed by atoms with Crippen LogP contribution in [0, 0.1) is 0 Å². The number of carbonyl (C=O) groups is 1. The SMILES string of the molecule is O=C(NCC1Cc2cc(-c3cnccn3)ccc2O1)c1sccc1Cl. The first-order chi connectivity index (χ1) is 12.2. The average Bonchev–Trinajstić information content (AvgIpc) is 3.25. The van der Waals surface area contributed by atoms with Crippen LogP contribution in [0.25, 0.3) is 11.3 Å². The van der Waals surface area contributed by atoms with Crippen LogP contribution in [0.4, 0.5) is 0 Å². The second-order valence-electron chi connectivity index (χ2n) is 5.66. The molecule has 5 nitrogen and oxygen atoms in total. The molecule has 1 unspecified atom stereocenters. The molecule has 1 atom stereocenters. The number of hydrogen-bond donors (Lipinski definition) is 1. The normalized spacial score (nSPS) is 15.5. The number of benzene rings is 1. The third kappa shape index (κ3) is 3.36. The lowest BCUT2D eigenvalue weighted by atomic mass is 10.0. The summed E-state index contributed by atoms with van der Waals surface area (Å²) in [4.78, 5) is 21.1. The van der Waals surface area contributed by atoms with Crippen LogP contribution in [-0.4, -0.2) is 28.5 Å². The maximum absolute atomic E-state index is 12.1. The molecule has 0 saturated heterocycles. The lowest BCUT2D eigenvalue weighted by Gasteiger charge is -2.11. The Morgan fingerprint density at radius 2 is 2.28 bits per heavy atom. The van der Waals surface area contributed by atoms with E-state index in [0.717, 1.165) is 29.0 Å². The molecule has 1 aliphatic rings. The van der Waals surface area contributed by atoms with Crippen molar-refractivity contribution in [1.29, 1.82) is 0 Å². The van der Waals surface area contributed by atoms with E-state index in [1.807, 2.05) is 12.1 Å². The topological polar surface area (TPSA) is 64.1 Å². The van der Waals surface area contributed by atoms with Gasteiger partial charge in [-0.25, -0.2) is 0 Å². The molecule has 3 aromatic rings. The molecule has 0 bridgehead atoms. The smallest absolute Gasteiger partial charge is 0.263 e. The van der Waals surface area contributed by atoms with Crippen molar-refractivity contribution in [3.05, 3.63) is 63.7 Å². The lowest BCUT2D eigenvalue weighted by Crippen LogP contribution is -2.34. The molecule has 1 aromatic carbocycles. The van der Waals surface area contributed by atoms with Crippen molar-refractivity contribution < 1.29 is 9.53 Å². The highest BCUT2D eigenvalue weighted by molar-refractivity contribution is 7.12. The number of nitrogens with one attached hydrogen (secondary N) is 1. The van der Waals surface area contributed by atoms with E-state index < -0.39 is 0 Å². The maximum Gasteiger partial charge on any atom is 0.263 e. The number of rotatable bonds is 4. The van der Waals surface area contributed by atoms with Gasteiger partial charge in [-0.3, -0.25) is 14.8 Å². The third-order valence-electron chi connectivity index (χ3n) is 3.97. The van der Waals surface area contributed by atoms with Crippen LogP contribution in [0.15, 0.2) is 48.2 Å². The summed E-state index contributed by atoms with van der Waals surface area (Å²) in [5.41, 5.74) is 2.94. The van der Waals surface area contributed by atoms with E-state index >= 15 is 0 Å². The number of aromatic nitrogens is 2. The number of halogens is 1. The molecule has 1 amide bonds. The van der Waals surface area contributed by atoms with Crippen LogP contribution in [-0.2, 0) is 6.42 Å². The van der Waals surface area contributed by atoms with Gasteiger partial charge in [0.05, 0.1) is 23.5 Å². The van der Waals surface area contributed by atoms with Crippen LogP contribution in [0.3, 0.4) is 0 Å². The van der Waals surface area contributed by atoms with Gasteiger partial charge in [0.15, 0.2) is 0 Å². The summed E-state index contributed by atoms with van der Waals surface area (Å²) in [5, 5.41) is 5.17. The summed E-state index contributed by atoms with van der Waals surface area (Å²) in [5.74, 6) is 0.681. The molecule has 1 N–H and O–H groups in total. The summed E-state index contributed by atoms with van der Waals surface area (Å²) < 4.78 is 5.92. The van der Waals surface area contributed by atoms with Gasteiger partial charge in [0.1, 0.15) is 16.7 Å². The van der Waals surface area contributed by atoms with E-state index in [2.05, 4.69) is 21.4 Å². The van der Waals surface area contributed by atoms with Crippen molar-refractivity contribution >= 4 is 28.8 Å². The highest BCUT2D eigenvalue weighted by Gasteiger charge is 2.24. The number of ether oxygens (including phenoxy) is 1. The molecule has 0 aliphatic carbocycles. The van der Waals surface area contributed by atoms with Gasteiger partial charge in [0.2, 0.25) is 0 Å². The minimum absolute atomic E-state index is 0.0882. The van der Waals surface area contributed by atoms with E-state index in [9.17, 15) is 4.79 Å². The summed E-state index contributed by atoms with van der Waals surface area (Å²) in [6.45, 7) is 0.433. The monoisotopic (exact) mass is 371 g/mol. The molecular weight excluding hydrogens is 358 g/mol. The second kappa shape index (κ2) is 6.82. The molecule has 1 aliphatic heterocycles. The van der Waals surface area contributed by atoms with Crippen LogP contribution in [0.1, 0.15) is 15.2 Å². The maximum atomic E-state index is 12.1. The summed E-state index contributed by atoms with van der Waals surface area (Å²) >= 11 is 7.32. The van der Waals surface area contributed by atoms with Crippen LogP contribution >= 0.6 is 22.9 Å². The van der Waals surface area contributed by atoms with Crippen molar-refractivity contribution in [3.8, 4) is 17.0 Å². The molecule has 0 radical (unpaired) electrons. The molecule has 126 valence electrons. The summed E-state index contributed by atoms with van der Waals surface area (Å²) in [6, 6.07) is 7.70. The van der Waals surface area contributed by atoms with Gasteiger partial charge in [-0.05, 0) is 35.2 Å². The zero-order chi connectivity index (χ0) is 17.2. The standard InChI is InChI=1S/C18H14ClN3O2S/c19-14-3-6-25-17(14)18(23)22-9-13-8-12-7-11(1-2-16(12)24-13)15-10-20-4-5-21-15/h1-7,10,13H,8-9H2,(H,22,23). The Kier molecular flexibility index (Phi) is 4.38. The number of carbonyl (C=O) groups excluding carboxylic acids is 1. The largest absolute Gasteiger partial charge is 0.488 e. The number of hydrogen-bond acceptors (Lipinski definition) is 5. The van der Waals surface area contributed by atoms with E-state index in [1.54, 1.807) is 30.0 Å². The predicted molar refractivity (Wildman–Crippen MR) is 97.3 cm³/mol. The van der Waals surface area contributed by atoms with E-state index in [-0.39, 0.29) is 12.0 Å². The Labute approximate surface area is 153 Å². The van der Waals surface area contributed by atoms with Crippen LogP contribution in [0.5, 0.6) is 5.75 Å². The number of thiophene rings is 1. The van der Waals surface area contributed by atoms with Gasteiger partial charge in [-0.1, -0.05) is 11.6 Å². The molecule has 7 heteroatoms. The average molecular weight is 372 g/mol. The van der Waals surface area contributed by atoms with Gasteiger partial charge in [-0.15, -0.1) is 11.3 Å². The van der Waals surface area contributed by atoms with E-state index in [0.29, 0.717) is 16.4 Å². The predicted octanol–water partition coefficient (Wildman–Crippen LogP) is 3.59. The zero-order valence-corrected chi connectivity index (χ0v) is 14.7. The van der Waals surface area contributed by atoms with Crippen LogP contribution < -0.4 is 10.1 Å². The van der Waals surface area contributed by atoms with Crippen molar-refractivity contribution in [3.63, 3.8) is 0 Å². The Morgan fingerprint density at radius 3 is 3.04 bits per heavy atom. The third-order valence-corrected chi connectivity index (χ3v) is 5.31. The Hall–Kier alpha value is -2.44. The number of fused-ring (bicyclic) bond motifs is 1. The fourth-order valence-electron chi connectivity index (χ4n) is 2.78. The molecule has 2 aromatic heterocycles. The highest BCUT2D eigenvalue weighted by Crippen LogP contribution is 2.32. The first-order valence-electron chi connectivity index (χ1n) is 7.78. The van der Waals surface area contributed by atoms with Crippen molar-refractivity contribution in [1.82, 2.24) is 15.3 Å². The zero-order valence-electron chi connectivity index (χ0n) is 13.1. The fraction of sp³-hybridized carbons (Fsp3) is 0.167. The van der Waals surface area contributed by atoms with Gasteiger partial charge < -0.3 is 10.1 Å². The Balaban J connectivity index is 1.41. The van der Waals surface area contributed by atoms with Crippen molar-refractivity contribution in [2.24, 2.45) is 0 Å². The van der Waals surface area contributed by atoms with Crippen molar-refractivity contribution in [2.75, 3.05) is 6.54 Å². The summed E-state index contributed by atoms with van der Waals surface area (Å²) in [6.07, 6.45) is 5.71. The first-order valence-corrected chi connectivity index (χ1v) is 9.03. The minimum atomic E-state index is -0.167. The molecular formula is C18H14ClN3O2S. The van der Waals surface area contributed by atoms with Gasteiger partial charge in [-0.2, -0.15) is 0 Å². The molecule has 0 spiro atoms. The molecule has 3 heterocycles. The van der Waals surface area contributed by atoms with Crippen LogP contribution in [0.2, 0.25) is 5.02 Å². The molecule has 4 rings (SSSR count). The molecule has 0 saturated carbocycles. The fourth-order valence-corrected chi connectivity index (χ4v) is 3.84. The van der Waals surface area contributed by atoms with Gasteiger partial charge >= 0.3 is 0 Å². The first kappa shape index (κ1) is 16.1. The van der Waals surface area contributed by atoms with Gasteiger partial charge in [0.25, 0.3) is 5.91 Å². The van der Waals surface area contributed by atoms with Crippen molar-refractivity contribution in [2.45, 2.75) is 12.5 Å². The van der Waals surface area contributed by atoms with Gasteiger partial charge in [0, 0.05) is 24.4 Å². The lowest BCUT2D eigenvalue weighted by molar-refractivity contribution is 0.0938. The molecule has 25 heavy (non-hydrogen) atoms. The Bertz CT molecular complexity index is 914. The number of amides is 1. The summed E-state index contributed by atoms with van der Waals surface area (Å²) in [7, 11) is 0. The molecule has 0 fully saturated rings. The number of nitrogens with zero attached hydrogens (tertiary/aromatic N) is 2. The second-order valence-corrected chi connectivity index (χ2v) is 6.99.